The number of methoxy groups -OCH3 is 1. The molecule has 0 radical (unpaired) electrons. The zero-order chi connectivity index (χ0) is 23.5. The van der Waals surface area contributed by atoms with E-state index in [0.717, 1.165) is 73.4 Å². The van der Waals surface area contributed by atoms with E-state index in [1.54, 1.807) is 19.2 Å². The van der Waals surface area contributed by atoms with Gasteiger partial charge in [-0.2, -0.15) is 0 Å². The summed E-state index contributed by atoms with van der Waals surface area (Å²) < 4.78 is 24.7. The normalized spacial score (nSPS) is 17.9. The lowest BCUT2D eigenvalue weighted by molar-refractivity contribution is 0.0507. The molecule has 2 aromatic carbocycles. The third kappa shape index (κ3) is 4.85. The molecule has 6 nitrogen and oxygen atoms in total. The van der Waals surface area contributed by atoms with E-state index in [4.69, 9.17) is 14.5 Å². The first-order valence-electron chi connectivity index (χ1n) is 12.0. The molecular formula is C27H30FN3O3. The molecule has 34 heavy (non-hydrogen) atoms. The number of fused-ring (bicyclic) bond motifs is 1. The molecule has 0 spiro atoms. The standard InChI is InChI=1S/C27H30FN3O3/c1-33-23-11-8-20-15-21(26(29-25(20)16-23)30-12-2-3-13-30)17-31(18-24-5-4-14-34-24)27(32)19-6-9-22(28)10-7-19/h6-11,15-16,24H,2-5,12-14,17-18H2,1H3. The Morgan fingerprint density at radius 1 is 1.15 bits per heavy atom. The molecule has 5 rings (SSSR count). The van der Waals surface area contributed by atoms with Crippen LogP contribution in [0.4, 0.5) is 10.2 Å². The Kier molecular flexibility index (Phi) is 6.63. The molecule has 0 saturated carbocycles. The number of ether oxygens (including phenoxy) is 2. The van der Waals surface area contributed by atoms with Crippen LogP contribution in [0, 0.1) is 5.82 Å². The van der Waals surface area contributed by atoms with E-state index in [0.29, 0.717) is 18.7 Å². The van der Waals surface area contributed by atoms with E-state index in [-0.39, 0.29) is 17.8 Å². The molecule has 2 saturated heterocycles. The summed E-state index contributed by atoms with van der Waals surface area (Å²) in [6.07, 6.45) is 4.21. The summed E-state index contributed by atoms with van der Waals surface area (Å²) in [7, 11) is 1.65. The molecule has 2 fully saturated rings. The Morgan fingerprint density at radius 3 is 2.65 bits per heavy atom. The zero-order valence-corrected chi connectivity index (χ0v) is 19.5. The minimum Gasteiger partial charge on any atom is -0.497 e. The first kappa shape index (κ1) is 22.6. The van der Waals surface area contributed by atoms with Crippen LogP contribution in [-0.2, 0) is 11.3 Å². The summed E-state index contributed by atoms with van der Waals surface area (Å²) in [6.45, 7) is 3.54. The highest BCUT2D eigenvalue weighted by Crippen LogP contribution is 2.30. The van der Waals surface area contributed by atoms with E-state index in [1.807, 2.05) is 23.1 Å². The Balaban J connectivity index is 1.52. The van der Waals surface area contributed by atoms with Crippen LogP contribution in [0.25, 0.3) is 10.9 Å². The highest BCUT2D eigenvalue weighted by molar-refractivity contribution is 5.94. The molecule has 178 valence electrons. The average molecular weight is 464 g/mol. The third-order valence-corrected chi connectivity index (χ3v) is 6.67. The number of anilines is 1. The second-order valence-electron chi connectivity index (χ2n) is 9.05. The monoisotopic (exact) mass is 463 g/mol. The van der Waals surface area contributed by atoms with Crippen LogP contribution in [0.5, 0.6) is 5.75 Å². The lowest BCUT2D eigenvalue weighted by Crippen LogP contribution is -2.37. The number of benzene rings is 2. The van der Waals surface area contributed by atoms with Gasteiger partial charge in [-0.25, -0.2) is 9.37 Å². The van der Waals surface area contributed by atoms with E-state index < -0.39 is 0 Å². The Morgan fingerprint density at radius 2 is 1.94 bits per heavy atom. The molecule has 3 heterocycles. The number of pyridine rings is 1. The quantitative estimate of drug-likeness (QED) is 0.504. The Labute approximate surface area is 199 Å². The van der Waals surface area contributed by atoms with E-state index in [1.165, 1.54) is 12.1 Å². The van der Waals surface area contributed by atoms with Gasteiger partial charge in [-0.3, -0.25) is 4.79 Å². The molecule has 1 unspecified atom stereocenters. The van der Waals surface area contributed by atoms with Crippen molar-refractivity contribution in [1.29, 1.82) is 0 Å². The first-order valence-corrected chi connectivity index (χ1v) is 12.0. The largest absolute Gasteiger partial charge is 0.497 e. The number of rotatable bonds is 7. The molecule has 1 aromatic heterocycles. The smallest absolute Gasteiger partial charge is 0.254 e. The molecule has 0 aliphatic carbocycles. The molecule has 1 atom stereocenters. The molecule has 0 bridgehead atoms. The van der Waals surface area contributed by atoms with Crippen LogP contribution in [0.3, 0.4) is 0 Å². The second kappa shape index (κ2) is 9.97. The van der Waals surface area contributed by atoms with Crippen molar-refractivity contribution in [1.82, 2.24) is 9.88 Å². The lowest BCUT2D eigenvalue weighted by atomic mass is 10.1. The molecule has 3 aromatic rings. The fourth-order valence-electron chi connectivity index (χ4n) is 4.86. The first-order chi connectivity index (χ1) is 16.6. The topological polar surface area (TPSA) is 54.9 Å². The maximum atomic E-state index is 13.5. The number of nitrogens with zero attached hydrogens (tertiary/aromatic N) is 3. The summed E-state index contributed by atoms with van der Waals surface area (Å²) in [5.74, 6) is 1.21. The zero-order valence-electron chi connectivity index (χ0n) is 19.5. The van der Waals surface area contributed by atoms with Gasteiger partial charge in [0.05, 0.1) is 18.7 Å². The molecule has 2 aliphatic heterocycles. The summed E-state index contributed by atoms with van der Waals surface area (Å²) in [4.78, 5) is 22.7. The molecule has 1 amide bonds. The number of hydrogen-bond acceptors (Lipinski definition) is 5. The van der Waals surface area contributed by atoms with Crippen molar-refractivity contribution in [2.45, 2.75) is 38.3 Å². The molecule has 2 aliphatic rings. The van der Waals surface area contributed by atoms with Gasteiger partial charge >= 0.3 is 0 Å². The van der Waals surface area contributed by atoms with E-state index in [2.05, 4.69) is 11.0 Å². The molecular weight excluding hydrogens is 433 g/mol. The van der Waals surface area contributed by atoms with Gasteiger partial charge in [0.1, 0.15) is 17.4 Å². The summed E-state index contributed by atoms with van der Waals surface area (Å²) in [5, 5.41) is 1.00. The highest BCUT2D eigenvalue weighted by Gasteiger charge is 2.26. The van der Waals surface area contributed by atoms with Crippen molar-refractivity contribution >= 4 is 22.6 Å². The van der Waals surface area contributed by atoms with Gasteiger partial charge < -0.3 is 19.3 Å². The minimum atomic E-state index is -0.354. The van der Waals surface area contributed by atoms with Gasteiger partial charge in [-0.05, 0) is 68.1 Å². The van der Waals surface area contributed by atoms with Gasteiger partial charge in [0.25, 0.3) is 5.91 Å². The van der Waals surface area contributed by atoms with E-state index in [9.17, 15) is 9.18 Å². The number of carbonyl (C=O) groups excluding carboxylic acids is 1. The maximum absolute atomic E-state index is 13.5. The van der Waals surface area contributed by atoms with Gasteiger partial charge in [-0.1, -0.05) is 0 Å². The van der Waals surface area contributed by atoms with E-state index >= 15 is 0 Å². The lowest BCUT2D eigenvalue weighted by Gasteiger charge is -2.28. The minimum absolute atomic E-state index is 0.0114. The third-order valence-electron chi connectivity index (χ3n) is 6.67. The Bertz CT molecular complexity index is 1160. The van der Waals surface area contributed by atoms with Crippen LogP contribution in [0.15, 0.2) is 48.5 Å². The van der Waals surface area contributed by atoms with Crippen molar-refractivity contribution in [2.24, 2.45) is 0 Å². The second-order valence-corrected chi connectivity index (χ2v) is 9.05. The number of halogens is 1. The number of carbonyl (C=O) groups is 1. The van der Waals surface area contributed by atoms with Crippen LogP contribution in [0.1, 0.15) is 41.6 Å². The van der Waals surface area contributed by atoms with Crippen molar-refractivity contribution < 1.29 is 18.7 Å². The molecule has 0 N–H and O–H groups in total. The van der Waals surface area contributed by atoms with Crippen LogP contribution in [0.2, 0.25) is 0 Å². The van der Waals surface area contributed by atoms with Gasteiger partial charge in [0.15, 0.2) is 0 Å². The molecule has 7 heteroatoms. The van der Waals surface area contributed by atoms with Crippen LogP contribution < -0.4 is 9.64 Å². The number of aromatic nitrogens is 1. The fraction of sp³-hybridized carbons (Fsp3) is 0.407. The fourth-order valence-corrected chi connectivity index (χ4v) is 4.86. The Hall–Kier alpha value is -3.19. The average Bonchev–Trinajstić information content (AvgIpc) is 3.57. The predicted molar refractivity (Wildman–Crippen MR) is 130 cm³/mol. The summed E-state index contributed by atoms with van der Waals surface area (Å²) in [6, 6.07) is 13.8. The van der Waals surface area contributed by atoms with Gasteiger partial charge in [0.2, 0.25) is 0 Å². The maximum Gasteiger partial charge on any atom is 0.254 e. The van der Waals surface area contributed by atoms with Crippen molar-refractivity contribution in [3.8, 4) is 5.75 Å². The predicted octanol–water partition coefficient (Wildman–Crippen LogP) is 4.80. The highest BCUT2D eigenvalue weighted by atomic mass is 19.1. The number of hydrogen-bond donors (Lipinski definition) is 0. The SMILES string of the molecule is COc1ccc2cc(CN(CC3CCCO3)C(=O)c3ccc(F)cc3)c(N3CCCC3)nc2c1. The van der Waals surface area contributed by atoms with Crippen LogP contribution in [-0.4, -0.2) is 55.2 Å². The van der Waals surface area contributed by atoms with Gasteiger partial charge in [-0.15, -0.1) is 0 Å². The van der Waals surface area contributed by atoms with Crippen molar-refractivity contribution in [3.63, 3.8) is 0 Å². The van der Waals surface area contributed by atoms with Crippen molar-refractivity contribution in [3.05, 3.63) is 65.5 Å². The number of amides is 1. The van der Waals surface area contributed by atoms with Crippen LogP contribution >= 0.6 is 0 Å². The summed E-state index contributed by atoms with van der Waals surface area (Å²) in [5.41, 5.74) is 2.36. The van der Waals surface area contributed by atoms with Gasteiger partial charge in [0, 0.05) is 55.4 Å². The summed E-state index contributed by atoms with van der Waals surface area (Å²) >= 11 is 0. The van der Waals surface area contributed by atoms with Crippen molar-refractivity contribution in [2.75, 3.05) is 38.3 Å².